The Balaban J connectivity index is 1.15. The number of pyridine rings is 1. The molecule has 0 N–H and O–H groups in total. The van der Waals surface area contributed by atoms with Gasteiger partial charge in [-0.1, -0.05) is 48.5 Å². The topological polar surface area (TPSA) is 36.9 Å². The largest absolute Gasteiger partial charge is 0.238 e. The van der Waals surface area contributed by atoms with E-state index in [2.05, 4.69) is 90.1 Å². The predicted octanol–water partition coefficient (Wildman–Crippen LogP) is 10.2. The third kappa shape index (κ3) is 4.71. The number of benzene rings is 5. The van der Waals surface area contributed by atoms with Crippen LogP contribution in [-0.2, 0) is 32.8 Å². The Morgan fingerprint density at radius 1 is 0.771 bits per heavy atom. The average molecular weight is 809 g/mol. The maximum Gasteiger partial charge on any atom is 0.0374 e. The van der Waals surface area contributed by atoms with Crippen LogP contribution in [0, 0.1) is 10.7 Å². The van der Waals surface area contributed by atoms with Gasteiger partial charge in [0.25, 0.3) is 0 Å². The van der Waals surface area contributed by atoms with Crippen LogP contribution in [0.15, 0.2) is 128 Å². The van der Waals surface area contributed by atoms with Crippen molar-refractivity contribution < 1.29 is 28.2 Å². The second-order valence-electron chi connectivity index (χ2n) is 12.5. The van der Waals surface area contributed by atoms with Gasteiger partial charge in [0, 0.05) is 15.9 Å². The molecular formula is C42H34N4OPt. The molecule has 1 unspecified atom stereocenters. The van der Waals surface area contributed by atoms with Crippen LogP contribution in [0.4, 0.5) is 0 Å². The molecule has 1 aliphatic carbocycles. The van der Waals surface area contributed by atoms with E-state index in [9.17, 15) is 0 Å². The Hall–Kier alpha value is -4.99. The van der Waals surface area contributed by atoms with E-state index in [4.69, 9.17) is 13.8 Å². The molecule has 48 heavy (non-hydrogen) atoms. The SMILES string of the molecule is [2H]C([2H])([2H])c1cc(-n2c3ccccc3c3ccc(Oc4ccc5c(c4)C(n4[c](=[Pt])n(C)c6ccccc64)CCC5)cc32)ncc1-c1ccccc1. The van der Waals surface area contributed by atoms with Gasteiger partial charge in [-0.2, -0.15) is 0 Å². The van der Waals surface area contributed by atoms with Crippen LogP contribution in [0.5, 0.6) is 11.5 Å². The number of aryl methyl sites for hydroxylation is 3. The van der Waals surface area contributed by atoms with Crippen LogP contribution in [0.1, 0.15) is 39.7 Å². The number of nitrogens with zero attached hydrogens (tertiary/aromatic N) is 4. The van der Waals surface area contributed by atoms with E-state index in [1.807, 2.05) is 65.2 Å². The van der Waals surface area contributed by atoms with Gasteiger partial charge < -0.3 is 0 Å². The molecule has 1 aliphatic rings. The predicted molar refractivity (Wildman–Crippen MR) is 190 cm³/mol. The molecule has 0 saturated carbocycles. The summed E-state index contributed by atoms with van der Waals surface area (Å²) in [5.41, 5.74) is 8.64. The first-order chi connectivity index (χ1) is 24.8. The van der Waals surface area contributed by atoms with Crippen molar-refractivity contribution in [3.63, 3.8) is 0 Å². The molecular weight excluding hydrogens is 772 g/mol. The molecule has 8 aromatic rings. The molecule has 6 heteroatoms. The maximum atomic E-state index is 8.43. The summed E-state index contributed by atoms with van der Waals surface area (Å²) in [6.07, 6.45) is 4.93. The summed E-state index contributed by atoms with van der Waals surface area (Å²) in [4.78, 5) is 4.87. The van der Waals surface area contributed by atoms with Gasteiger partial charge in [-0.15, -0.1) is 0 Å². The Labute approximate surface area is 294 Å². The summed E-state index contributed by atoms with van der Waals surface area (Å²) in [7, 11) is 2.14. The minimum absolute atomic E-state index is 0.207. The number of fused-ring (bicyclic) bond motifs is 5. The third-order valence-corrected chi connectivity index (χ3v) is 11.0. The number of imidazole rings is 1. The second kappa shape index (κ2) is 11.6. The Kier molecular flexibility index (Phi) is 6.29. The fraction of sp³-hybridized carbons (Fsp3) is 0.143. The van der Waals surface area contributed by atoms with E-state index in [1.165, 1.54) is 26.0 Å². The van der Waals surface area contributed by atoms with Crippen molar-refractivity contribution in [1.29, 1.82) is 0 Å². The van der Waals surface area contributed by atoms with Gasteiger partial charge >= 0.3 is 196 Å². The van der Waals surface area contributed by atoms with Gasteiger partial charge in [0.05, 0.1) is 0 Å². The van der Waals surface area contributed by atoms with Crippen molar-refractivity contribution in [2.45, 2.75) is 32.2 Å². The van der Waals surface area contributed by atoms with Crippen molar-refractivity contribution in [2.24, 2.45) is 7.05 Å². The Morgan fingerprint density at radius 2 is 1.50 bits per heavy atom. The first-order valence-electron chi connectivity index (χ1n) is 17.8. The van der Waals surface area contributed by atoms with Gasteiger partial charge in [-0.25, -0.2) is 4.98 Å². The summed E-state index contributed by atoms with van der Waals surface area (Å²) in [6.45, 7) is -2.33. The number of rotatable bonds is 5. The van der Waals surface area contributed by atoms with Gasteiger partial charge in [-0.05, 0) is 30.1 Å². The van der Waals surface area contributed by atoms with Gasteiger partial charge in [0.2, 0.25) is 0 Å². The molecule has 1 atom stereocenters. The number of aromatic nitrogens is 4. The summed E-state index contributed by atoms with van der Waals surface area (Å²) in [5.74, 6) is 2.03. The van der Waals surface area contributed by atoms with Crippen LogP contribution in [-0.4, -0.2) is 18.7 Å². The summed E-state index contributed by atoms with van der Waals surface area (Å²) < 4.78 is 39.9. The van der Waals surface area contributed by atoms with Crippen LogP contribution in [0.2, 0.25) is 0 Å². The number of hydrogen-bond donors (Lipinski definition) is 0. The van der Waals surface area contributed by atoms with Gasteiger partial charge in [-0.3, -0.25) is 0 Å². The molecule has 238 valence electrons. The maximum absolute atomic E-state index is 8.43. The van der Waals surface area contributed by atoms with E-state index < -0.39 is 6.85 Å². The Bertz CT molecular complexity index is 2690. The van der Waals surface area contributed by atoms with E-state index in [-0.39, 0.29) is 11.6 Å². The van der Waals surface area contributed by atoms with Crippen molar-refractivity contribution in [3.8, 4) is 28.4 Å². The van der Waals surface area contributed by atoms with Crippen molar-refractivity contribution >= 4 is 32.8 Å². The molecule has 0 fully saturated rings. The monoisotopic (exact) mass is 808 g/mol. The molecule has 5 aromatic carbocycles. The van der Waals surface area contributed by atoms with E-state index in [1.54, 1.807) is 12.3 Å². The first-order valence-corrected chi connectivity index (χ1v) is 17.4. The zero-order valence-corrected chi connectivity index (χ0v) is 28.6. The van der Waals surface area contributed by atoms with Crippen LogP contribution in [0.25, 0.3) is 49.8 Å². The molecule has 0 bridgehead atoms. The normalized spacial score (nSPS) is 15.7. The Morgan fingerprint density at radius 3 is 2.35 bits per heavy atom. The number of ether oxygens (including phenoxy) is 1. The third-order valence-electron chi connectivity index (χ3n) is 9.74. The summed E-state index contributed by atoms with van der Waals surface area (Å²) in [6, 6.07) is 40.9. The minimum atomic E-state index is -2.33. The van der Waals surface area contributed by atoms with Crippen molar-refractivity contribution in [1.82, 2.24) is 18.7 Å². The van der Waals surface area contributed by atoms with Crippen molar-refractivity contribution in [2.75, 3.05) is 0 Å². The molecule has 0 spiro atoms. The standard InChI is InChI=1S/C42H34N4O.Pt/c1-28-23-42(43-26-36(28)29-11-4-3-5-12-29)46-38-15-7-6-14-33(38)34-22-21-32(25-41(34)46)47-31-20-19-30-13-10-18-37(35(30)24-31)45-27-44(2)39-16-8-9-17-40(39)45;/h3-9,11-12,14-17,19-26,37H,10,13,18H2,1-2H3;/i1D3;. The molecule has 0 aliphatic heterocycles. The van der Waals surface area contributed by atoms with Crippen LogP contribution < -0.4 is 4.74 Å². The van der Waals surface area contributed by atoms with Crippen LogP contribution in [0.3, 0.4) is 0 Å². The van der Waals surface area contributed by atoms with E-state index in [0.717, 1.165) is 52.4 Å². The molecule has 3 aromatic heterocycles. The molecule has 3 heterocycles. The quantitative estimate of drug-likeness (QED) is 0.174. The summed E-state index contributed by atoms with van der Waals surface area (Å²) in [5, 5.41) is 2.09. The smallest absolute Gasteiger partial charge is 0.0374 e. The van der Waals surface area contributed by atoms with Crippen molar-refractivity contribution in [3.05, 3.63) is 148 Å². The summed E-state index contributed by atoms with van der Waals surface area (Å²) >= 11 is 2.45. The number of hydrogen-bond acceptors (Lipinski definition) is 2. The second-order valence-corrected chi connectivity index (χ2v) is 13.5. The molecule has 9 rings (SSSR count). The van der Waals surface area contributed by atoms with Crippen LogP contribution >= 0.6 is 0 Å². The average Bonchev–Trinajstić information content (AvgIpc) is 3.61. The fourth-order valence-corrected chi connectivity index (χ4v) is 8.38. The molecule has 0 saturated heterocycles. The van der Waals surface area contributed by atoms with E-state index in [0.29, 0.717) is 17.1 Å². The number of para-hydroxylation sites is 3. The zero-order chi connectivity index (χ0) is 34.9. The first kappa shape index (κ1) is 26.0. The molecule has 0 radical (unpaired) electrons. The van der Waals surface area contributed by atoms with Gasteiger partial charge in [0.1, 0.15) is 0 Å². The minimum Gasteiger partial charge on any atom is -0.238 e. The van der Waals surface area contributed by atoms with Gasteiger partial charge in [0.15, 0.2) is 0 Å². The fourth-order valence-electron chi connectivity index (χ4n) is 7.48. The zero-order valence-electron chi connectivity index (χ0n) is 29.3. The molecule has 0 amide bonds. The molecule has 5 nitrogen and oxygen atoms in total. The van der Waals surface area contributed by atoms with E-state index >= 15 is 0 Å².